The summed E-state index contributed by atoms with van der Waals surface area (Å²) in [4.78, 5) is 0. The zero-order valence-corrected chi connectivity index (χ0v) is 10.8. The van der Waals surface area contributed by atoms with Crippen molar-refractivity contribution in [3.8, 4) is 0 Å². The maximum atomic E-state index is 12.0. The third-order valence-electron chi connectivity index (χ3n) is 2.84. The van der Waals surface area contributed by atoms with Gasteiger partial charge < -0.3 is 0 Å². The predicted octanol–water partition coefficient (Wildman–Crippen LogP) is 2.58. The average molecular weight is 260 g/mol. The van der Waals surface area contributed by atoms with Gasteiger partial charge in [-0.25, -0.2) is 8.42 Å². The highest BCUT2D eigenvalue weighted by molar-refractivity contribution is 7.93. The van der Waals surface area contributed by atoms with Crippen molar-refractivity contribution in [2.75, 3.05) is 11.4 Å². The number of halogens is 1. The number of benzene rings is 1. The fraction of sp³-hybridized carbons (Fsp3) is 0.455. The maximum absolute atomic E-state index is 12.0. The first-order valence-corrected chi connectivity index (χ1v) is 7.05. The summed E-state index contributed by atoms with van der Waals surface area (Å²) in [6.07, 6.45) is 1.54. The van der Waals surface area contributed by atoms with E-state index in [-0.39, 0.29) is 5.25 Å². The van der Waals surface area contributed by atoms with Gasteiger partial charge in [-0.15, -0.1) is 0 Å². The van der Waals surface area contributed by atoms with Crippen molar-refractivity contribution in [1.29, 1.82) is 0 Å². The zero-order chi connectivity index (χ0) is 11.9. The van der Waals surface area contributed by atoms with E-state index in [1.165, 1.54) is 4.31 Å². The molecule has 1 fully saturated rings. The molecule has 1 saturated carbocycles. The second-order valence-corrected chi connectivity index (χ2v) is 6.82. The number of aryl methyl sites for hydroxylation is 1. The van der Waals surface area contributed by atoms with Gasteiger partial charge in [-0.2, -0.15) is 0 Å². The average Bonchev–Trinajstić information content (AvgIpc) is 3.04. The van der Waals surface area contributed by atoms with Gasteiger partial charge in [0.1, 0.15) is 0 Å². The maximum Gasteiger partial charge on any atom is 0.237 e. The third-order valence-corrected chi connectivity index (χ3v) is 5.35. The van der Waals surface area contributed by atoms with Crippen LogP contribution in [0.5, 0.6) is 0 Å². The number of anilines is 1. The van der Waals surface area contributed by atoms with Crippen LogP contribution < -0.4 is 4.31 Å². The molecule has 0 aromatic heterocycles. The normalized spacial score (nSPS) is 16.2. The van der Waals surface area contributed by atoms with Gasteiger partial charge in [0.05, 0.1) is 10.9 Å². The number of hydrogen-bond donors (Lipinski definition) is 0. The molecule has 0 aliphatic heterocycles. The van der Waals surface area contributed by atoms with Crippen molar-refractivity contribution in [2.45, 2.75) is 25.0 Å². The summed E-state index contributed by atoms with van der Waals surface area (Å²) in [7, 11) is -1.59. The molecule has 1 aromatic carbocycles. The molecule has 2 rings (SSSR count). The van der Waals surface area contributed by atoms with Crippen molar-refractivity contribution >= 4 is 27.3 Å². The van der Waals surface area contributed by atoms with E-state index in [0.29, 0.717) is 10.7 Å². The summed E-state index contributed by atoms with van der Waals surface area (Å²) < 4.78 is 25.4. The topological polar surface area (TPSA) is 37.4 Å². The van der Waals surface area contributed by atoms with Gasteiger partial charge in [0.25, 0.3) is 0 Å². The Morgan fingerprint density at radius 2 is 2.00 bits per heavy atom. The molecular weight excluding hydrogens is 246 g/mol. The lowest BCUT2D eigenvalue weighted by molar-refractivity contribution is 0.593. The summed E-state index contributed by atoms with van der Waals surface area (Å²) in [6.45, 7) is 1.88. The highest BCUT2D eigenvalue weighted by atomic mass is 35.5. The summed E-state index contributed by atoms with van der Waals surface area (Å²) in [5, 5.41) is 0.356. The molecule has 0 heterocycles. The van der Waals surface area contributed by atoms with E-state index < -0.39 is 10.0 Å². The molecule has 1 aliphatic carbocycles. The van der Waals surface area contributed by atoms with Crippen molar-refractivity contribution in [1.82, 2.24) is 0 Å². The Balaban J connectivity index is 2.40. The Morgan fingerprint density at radius 3 is 2.56 bits per heavy atom. The van der Waals surface area contributed by atoms with Crippen LogP contribution in [-0.4, -0.2) is 20.7 Å². The van der Waals surface area contributed by atoms with Crippen molar-refractivity contribution < 1.29 is 8.42 Å². The molecule has 5 heteroatoms. The lowest BCUT2D eigenvalue weighted by Gasteiger charge is -2.21. The first-order valence-electron chi connectivity index (χ1n) is 5.17. The molecule has 0 atom stereocenters. The molecule has 0 unspecified atom stereocenters. The lowest BCUT2D eigenvalue weighted by atomic mass is 10.2. The molecule has 0 N–H and O–H groups in total. The van der Waals surface area contributed by atoms with Crippen LogP contribution in [0.15, 0.2) is 18.2 Å². The first-order chi connectivity index (χ1) is 7.43. The summed E-state index contributed by atoms with van der Waals surface area (Å²) in [5.74, 6) is 0. The van der Waals surface area contributed by atoms with E-state index in [0.717, 1.165) is 18.4 Å². The van der Waals surface area contributed by atoms with Crippen LogP contribution in [0.1, 0.15) is 18.4 Å². The Kier molecular flexibility index (Phi) is 2.88. The van der Waals surface area contributed by atoms with Crippen LogP contribution in [0.25, 0.3) is 0 Å². The Bertz CT molecular complexity index is 509. The SMILES string of the molecule is Cc1ccc(Cl)cc1N(C)S(=O)(=O)C1CC1. The highest BCUT2D eigenvalue weighted by Crippen LogP contribution is 2.34. The van der Waals surface area contributed by atoms with E-state index in [4.69, 9.17) is 11.6 Å². The van der Waals surface area contributed by atoms with E-state index in [2.05, 4.69) is 0 Å². The first kappa shape index (κ1) is 11.7. The lowest BCUT2D eigenvalue weighted by Crippen LogP contribution is -2.30. The standard InChI is InChI=1S/C11H14ClNO2S/c1-8-3-4-9(12)7-11(8)13(2)16(14,15)10-5-6-10/h3-4,7,10H,5-6H2,1-2H3. The Morgan fingerprint density at radius 1 is 1.38 bits per heavy atom. The summed E-state index contributed by atoms with van der Waals surface area (Å²) >= 11 is 5.88. The molecule has 3 nitrogen and oxygen atoms in total. The van der Waals surface area contributed by atoms with Crippen LogP contribution in [0.3, 0.4) is 0 Å². The molecule has 1 aliphatic rings. The molecule has 0 radical (unpaired) electrons. The van der Waals surface area contributed by atoms with Gasteiger partial charge in [0, 0.05) is 12.1 Å². The number of hydrogen-bond acceptors (Lipinski definition) is 2. The molecule has 0 amide bonds. The van der Waals surface area contributed by atoms with Crippen LogP contribution in [0.4, 0.5) is 5.69 Å². The summed E-state index contributed by atoms with van der Waals surface area (Å²) in [5.41, 5.74) is 1.58. The van der Waals surface area contributed by atoms with E-state index in [9.17, 15) is 8.42 Å². The minimum absolute atomic E-state index is 0.198. The van der Waals surface area contributed by atoms with Crippen molar-refractivity contribution in [2.24, 2.45) is 0 Å². The van der Waals surface area contributed by atoms with Gasteiger partial charge in [-0.3, -0.25) is 4.31 Å². The molecule has 0 saturated heterocycles. The van der Waals surface area contributed by atoms with E-state index in [1.54, 1.807) is 19.2 Å². The van der Waals surface area contributed by atoms with Crippen LogP contribution >= 0.6 is 11.6 Å². The Hall–Kier alpha value is -0.740. The molecule has 88 valence electrons. The molecule has 16 heavy (non-hydrogen) atoms. The number of sulfonamides is 1. The van der Waals surface area contributed by atoms with Crippen molar-refractivity contribution in [3.63, 3.8) is 0 Å². The minimum atomic E-state index is -3.18. The summed E-state index contributed by atoms with van der Waals surface area (Å²) in [6, 6.07) is 5.28. The minimum Gasteiger partial charge on any atom is -0.273 e. The van der Waals surface area contributed by atoms with Crippen LogP contribution in [-0.2, 0) is 10.0 Å². The third kappa shape index (κ3) is 2.04. The highest BCUT2D eigenvalue weighted by Gasteiger charge is 2.39. The molecule has 0 spiro atoms. The smallest absolute Gasteiger partial charge is 0.237 e. The second-order valence-electron chi connectivity index (χ2n) is 4.14. The molecule has 0 bridgehead atoms. The van der Waals surface area contributed by atoms with Crippen LogP contribution in [0.2, 0.25) is 5.02 Å². The molecule has 1 aromatic rings. The Labute approximate surface area is 101 Å². The largest absolute Gasteiger partial charge is 0.273 e. The number of nitrogens with zero attached hydrogens (tertiary/aromatic N) is 1. The number of rotatable bonds is 3. The van der Waals surface area contributed by atoms with Gasteiger partial charge in [0.15, 0.2) is 0 Å². The van der Waals surface area contributed by atoms with Gasteiger partial charge in [0.2, 0.25) is 10.0 Å². The van der Waals surface area contributed by atoms with Gasteiger partial charge in [-0.05, 0) is 37.5 Å². The monoisotopic (exact) mass is 259 g/mol. The van der Waals surface area contributed by atoms with Gasteiger partial charge in [-0.1, -0.05) is 17.7 Å². The van der Waals surface area contributed by atoms with Crippen LogP contribution in [0, 0.1) is 6.92 Å². The fourth-order valence-electron chi connectivity index (χ4n) is 1.65. The zero-order valence-electron chi connectivity index (χ0n) is 9.27. The van der Waals surface area contributed by atoms with E-state index in [1.807, 2.05) is 13.0 Å². The van der Waals surface area contributed by atoms with E-state index >= 15 is 0 Å². The van der Waals surface area contributed by atoms with Crippen molar-refractivity contribution in [3.05, 3.63) is 28.8 Å². The predicted molar refractivity (Wildman–Crippen MR) is 66.5 cm³/mol. The fourth-order valence-corrected chi connectivity index (χ4v) is 3.46. The molecular formula is C11H14ClNO2S. The second kappa shape index (κ2) is 3.93. The quantitative estimate of drug-likeness (QED) is 0.837. The van der Waals surface area contributed by atoms with Gasteiger partial charge >= 0.3 is 0 Å².